The summed E-state index contributed by atoms with van der Waals surface area (Å²) in [5, 5.41) is 2.51. The van der Waals surface area contributed by atoms with Crippen LogP contribution in [-0.4, -0.2) is 14.1 Å². The van der Waals surface area contributed by atoms with Gasteiger partial charge in [-0.15, -0.1) is 0 Å². The summed E-state index contributed by atoms with van der Waals surface area (Å²) in [5.41, 5.74) is 17.9. The van der Waals surface area contributed by atoms with E-state index in [1.54, 1.807) is 0 Å². The van der Waals surface area contributed by atoms with E-state index in [1.165, 1.54) is 66.3 Å². The Kier molecular flexibility index (Phi) is 6.90. The predicted octanol–water partition coefficient (Wildman–Crippen LogP) is 13.4. The second-order valence-electron chi connectivity index (χ2n) is 15.2. The normalized spacial score (nSPS) is 13.1. The largest absolute Gasteiger partial charge is 0.309 e. The van der Waals surface area contributed by atoms with Gasteiger partial charge in [-0.25, -0.2) is 4.98 Å². The van der Waals surface area contributed by atoms with Crippen LogP contribution in [0.3, 0.4) is 0 Å². The van der Waals surface area contributed by atoms with E-state index in [1.807, 2.05) is 0 Å². The molecule has 3 nitrogen and oxygen atoms in total. The third kappa shape index (κ3) is 4.86. The molecule has 0 bridgehead atoms. The third-order valence-electron chi connectivity index (χ3n) is 11.7. The molecule has 0 saturated heterocycles. The monoisotopic (exact) mass is 703 g/mol. The molecule has 2 aromatic heterocycles. The van der Waals surface area contributed by atoms with Crippen molar-refractivity contribution in [2.45, 2.75) is 19.3 Å². The van der Waals surface area contributed by atoms with Crippen LogP contribution in [0.2, 0.25) is 0 Å². The lowest BCUT2D eigenvalue weighted by Crippen LogP contribution is -2.15. The number of hydrogen-bond acceptors (Lipinski definition) is 1. The second-order valence-corrected chi connectivity index (χ2v) is 15.2. The molecule has 0 amide bonds. The Morgan fingerprint density at radius 2 is 0.945 bits per heavy atom. The zero-order valence-electron chi connectivity index (χ0n) is 30.7. The molecule has 0 aliphatic heterocycles. The smallest absolute Gasteiger partial charge is 0.145 e. The molecule has 0 fully saturated rings. The van der Waals surface area contributed by atoms with Gasteiger partial charge in [0.25, 0.3) is 0 Å². The van der Waals surface area contributed by atoms with E-state index in [-0.39, 0.29) is 5.41 Å². The molecule has 260 valence electrons. The minimum atomic E-state index is -0.166. The molecule has 8 aromatic carbocycles. The highest BCUT2D eigenvalue weighted by Gasteiger charge is 2.36. The average Bonchev–Trinajstić information content (AvgIpc) is 3.86. The molecule has 1 aliphatic rings. The molecular formula is C52H37N3. The van der Waals surface area contributed by atoms with E-state index in [4.69, 9.17) is 4.98 Å². The molecule has 0 saturated carbocycles. The van der Waals surface area contributed by atoms with Crippen LogP contribution in [0.25, 0.3) is 89.0 Å². The molecule has 2 heterocycles. The maximum Gasteiger partial charge on any atom is 0.145 e. The number of imidazole rings is 1. The van der Waals surface area contributed by atoms with Crippen LogP contribution in [0.4, 0.5) is 0 Å². The van der Waals surface area contributed by atoms with Gasteiger partial charge in [-0.1, -0.05) is 123 Å². The van der Waals surface area contributed by atoms with Crippen LogP contribution in [0, 0.1) is 0 Å². The van der Waals surface area contributed by atoms with Crippen molar-refractivity contribution in [3.05, 3.63) is 199 Å². The highest BCUT2D eigenvalue weighted by molar-refractivity contribution is 6.13. The summed E-state index contributed by atoms with van der Waals surface area (Å²) in [6, 6.07) is 68.2. The first-order valence-electron chi connectivity index (χ1n) is 19.1. The minimum absolute atomic E-state index is 0.166. The molecule has 11 rings (SSSR count). The zero-order valence-corrected chi connectivity index (χ0v) is 30.7. The number of nitrogens with zero attached hydrogens (tertiary/aromatic N) is 3. The number of rotatable bonds is 5. The quantitative estimate of drug-likeness (QED) is 0.175. The summed E-state index contributed by atoms with van der Waals surface area (Å²) in [4.78, 5) is 5.15. The van der Waals surface area contributed by atoms with Crippen LogP contribution in [0.1, 0.15) is 25.0 Å². The maximum absolute atomic E-state index is 5.15. The van der Waals surface area contributed by atoms with Crippen molar-refractivity contribution >= 4 is 32.8 Å². The fourth-order valence-corrected chi connectivity index (χ4v) is 8.96. The summed E-state index contributed by atoms with van der Waals surface area (Å²) < 4.78 is 4.72. The van der Waals surface area contributed by atoms with Crippen molar-refractivity contribution in [1.29, 1.82) is 0 Å². The van der Waals surface area contributed by atoms with E-state index >= 15 is 0 Å². The fraction of sp³-hybridized carbons (Fsp3) is 0.0577. The Balaban J connectivity index is 1.11. The van der Waals surface area contributed by atoms with Crippen molar-refractivity contribution in [2.75, 3.05) is 0 Å². The van der Waals surface area contributed by atoms with Crippen molar-refractivity contribution in [1.82, 2.24) is 14.1 Å². The Morgan fingerprint density at radius 1 is 0.382 bits per heavy atom. The van der Waals surface area contributed by atoms with Gasteiger partial charge < -0.3 is 4.57 Å². The first kappa shape index (κ1) is 31.5. The van der Waals surface area contributed by atoms with Gasteiger partial charge in [-0.3, -0.25) is 4.57 Å². The number of fused-ring (bicyclic) bond motifs is 7. The molecule has 0 N–H and O–H groups in total. The van der Waals surface area contributed by atoms with E-state index in [0.29, 0.717) is 0 Å². The summed E-state index contributed by atoms with van der Waals surface area (Å²) in [5.74, 6) is 0.931. The van der Waals surface area contributed by atoms with Crippen molar-refractivity contribution < 1.29 is 0 Å². The minimum Gasteiger partial charge on any atom is -0.309 e. The highest BCUT2D eigenvalue weighted by atomic mass is 15.1. The summed E-state index contributed by atoms with van der Waals surface area (Å²) in [6.07, 6.45) is 0. The van der Waals surface area contributed by atoms with E-state index in [9.17, 15) is 0 Å². The average molecular weight is 704 g/mol. The molecule has 0 radical (unpaired) electrons. The van der Waals surface area contributed by atoms with E-state index in [0.717, 1.165) is 33.8 Å². The highest BCUT2D eigenvalue weighted by Crippen LogP contribution is 2.52. The molecule has 3 heteroatoms. The zero-order chi connectivity index (χ0) is 36.7. The van der Waals surface area contributed by atoms with Gasteiger partial charge in [-0.2, -0.15) is 0 Å². The van der Waals surface area contributed by atoms with Gasteiger partial charge in [0.2, 0.25) is 0 Å². The van der Waals surface area contributed by atoms with Crippen LogP contribution in [0.15, 0.2) is 188 Å². The topological polar surface area (TPSA) is 22.8 Å². The summed E-state index contributed by atoms with van der Waals surface area (Å²) in [7, 11) is 0. The molecule has 55 heavy (non-hydrogen) atoms. The Bertz CT molecular complexity index is 3080. The predicted molar refractivity (Wildman–Crippen MR) is 229 cm³/mol. The lowest BCUT2D eigenvalue weighted by Gasteiger charge is -2.22. The molecule has 10 aromatic rings. The fourth-order valence-electron chi connectivity index (χ4n) is 8.96. The molecule has 0 atom stereocenters. The van der Waals surface area contributed by atoms with E-state index in [2.05, 4.69) is 211 Å². The number of aromatic nitrogens is 3. The van der Waals surface area contributed by atoms with Gasteiger partial charge in [0, 0.05) is 33.1 Å². The third-order valence-corrected chi connectivity index (χ3v) is 11.7. The summed E-state index contributed by atoms with van der Waals surface area (Å²) in [6.45, 7) is 4.76. The van der Waals surface area contributed by atoms with Crippen LogP contribution < -0.4 is 0 Å². The van der Waals surface area contributed by atoms with Crippen LogP contribution >= 0.6 is 0 Å². The first-order chi connectivity index (χ1) is 27.0. The molecular weight excluding hydrogens is 667 g/mol. The second kappa shape index (κ2) is 12.0. The van der Waals surface area contributed by atoms with Crippen LogP contribution in [0.5, 0.6) is 0 Å². The molecule has 1 aliphatic carbocycles. The number of benzene rings is 8. The standard InChI is InChI=1S/C52H37N3/c1-52(2)45-31-38(35-16-8-4-9-17-35)24-28-41(45)42-32-44-43-30-37(34-14-6-3-7-15-34)25-29-48(43)54(50(44)33-46(42)52)40-26-22-36(23-27-40)51-53-47-20-12-13-21-49(47)55(51)39-18-10-5-11-19-39/h3-33H,1-2H3. The Labute approximate surface area is 320 Å². The van der Waals surface area contributed by atoms with Gasteiger partial charge in [0.1, 0.15) is 5.82 Å². The van der Waals surface area contributed by atoms with Crippen molar-refractivity contribution in [3.63, 3.8) is 0 Å². The van der Waals surface area contributed by atoms with Gasteiger partial charge in [0.05, 0.1) is 22.1 Å². The van der Waals surface area contributed by atoms with Gasteiger partial charge in [0.15, 0.2) is 0 Å². The SMILES string of the molecule is CC1(C)c2cc(-c3ccccc3)ccc2-c2cc3c4cc(-c5ccccc5)ccc4n(-c4ccc(-c5nc6ccccc6n5-c5ccccc5)cc4)c3cc21. The Hall–Kier alpha value is -6.97. The van der Waals surface area contributed by atoms with Crippen molar-refractivity contribution in [3.8, 4) is 56.1 Å². The van der Waals surface area contributed by atoms with E-state index < -0.39 is 0 Å². The Morgan fingerprint density at radius 3 is 1.67 bits per heavy atom. The van der Waals surface area contributed by atoms with Gasteiger partial charge in [-0.05, 0) is 123 Å². The lowest BCUT2D eigenvalue weighted by atomic mass is 9.81. The van der Waals surface area contributed by atoms with Crippen LogP contribution in [-0.2, 0) is 5.41 Å². The number of para-hydroxylation sites is 3. The maximum atomic E-state index is 5.15. The lowest BCUT2D eigenvalue weighted by molar-refractivity contribution is 0.661. The number of hydrogen-bond donors (Lipinski definition) is 0. The van der Waals surface area contributed by atoms with Gasteiger partial charge >= 0.3 is 0 Å². The molecule has 0 unspecified atom stereocenters. The molecule has 0 spiro atoms. The first-order valence-corrected chi connectivity index (χ1v) is 19.1. The van der Waals surface area contributed by atoms with Crippen molar-refractivity contribution in [2.24, 2.45) is 0 Å². The summed E-state index contributed by atoms with van der Waals surface area (Å²) >= 11 is 0.